The molecule has 9 nitrogen and oxygen atoms in total. The summed E-state index contributed by atoms with van der Waals surface area (Å²) in [6, 6.07) is 10.0. The van der Waals surface area contributed by atoms with Crippen molar-refractivity contribution in [3.63, 3.8) is 0 Å². The summed E-state index contributed by atoms with van der Waals surface area (Å²) in [7, 11) is 0. The van der Waals surface area contributed by atoms with Crippen LogP contribution in [-0.4, -0.2) is 123 Å². The number of nitrogens with one attached hydrogen (secondary N) is 1. The maximum absolute atomic E-state index is 12.3. The monoisotopic (exact) mass is 581 g/mol. The van der Waals surface area contributed by atoms with Crippen molar-refractivity contribution in [2.75, 3.05) is 72.0 Å². The number of benzene rings is 1. The molecule has 42 heavy (non-hydrogen) atoms. The molecule has 4 atom stereocenters. The molecule has 5 rings (SSSR count). The Morgan fingerprint density at radius 1 is 0.762 bits per heavy atom. The number of hydrogen-bond acceptors (Lipinski definition) is 9. The minimum atomic E-state index is -0.277. The topological polar surface area (TPSA) is 98.1 Å². The van der Waals surface area contributed by atoms with E-state index in [1.54, 1.807) is 0 Å². The Bertz CT molecular complexity index is 1080. The summed E-state index contributed by atoms with van der Waals surface area (Å²) in [6.45, 7) is 21.1. The number of rotatable bonds is 7. The molecule has 1 aromatic carbocycles. The minimum Gasteiger partial charge on any atom is -0.370 e. The molecule has 4 aliphatic rings. The highest BCUT2D eigenvalue weighted by Crippen LogP contribution is 2.22. The molecule has 232 valence electrons. The van der Waals surface area contributed by atoms with Crippen LogP contribution in [0, 0.1) is 22.2 Å². The van der Waals surface area contributed by atoms with E-state index < -0.39 is 0 Å². The predicted octanol–water partition coefficient (Wildman–Crippen LogP) is 2.38. The largest absolute Gasteiger partial charge is 0.370 e. The smallest absolute Gasteiger partial charge is 0.152 e. The van der Waals surface area contributed by atoms with E-state index in [0.29, 0.717) is 30.2 Å². The fourth-order valence-corrected chi connectivity index (χ4v) is 5.85. The Kier molecular flexibility index (Phi) is 11.0. The van der Waals surface area contributed by atoms with Gasteiger partial charge in [0.05, 0.1) is 49.1 Å². The van der Waals surface area contributed by atoms with Crippen molar-refractivity contribution in [3.05, 3.63) is 35.4 Å². The number of fused-ring (bicyclic) bond motifs is 4. The van der Waals surface area contributed by atoms with Gasteiger partial charge in [-0.3, -0.25) is 24.3 Å². The summed E-state index contributed by atoms with van der Waals surface area (Å²) in [5, 5.41) is 12.2. The molecule has 4 aliphatic heterocycles. The molecule has 4 heterocycles. The van der Waals surface area contributed by atoms with E-state index in [2.05, 4.69) is 26.1 Å². The maximum atomic E-state index is 12.3. The standard InChI is InChI=1S/C21H29N3O2.C12H22N2O2/c1-21(2,3)20(25)15-24-13-18-11-23(12-19(14-24)26-18)9-8-16-4-6-17(10-22)7-5-16;1-12(2,3)11(15)8-14-6-9-4-13-5-10(7-14)16-9/h4-7,18-19H,8-9,11-15H2,1-3H3;9-10,13H,4-8H2,1-3H3. The van der Waals surface area contributed by atoms with Crippen molar-refractivity contribution < 1.29 is 19.1 Å². The minimum absolute atomic E-state index is 0.191. The lowest BCUT2D eigenvalue weighted by Gasteiger charge is -2.46. The predicted molar refractivity (Wildman–Crippen MR) is 163 cm³/mol. The Morgan fingerprint density at radius 3 is 1.64 bits per heavy atom. The van der Waals surface area contributed by atoms with Crippen molar-refractivity contribution in [3.8, 4) is 6.07 Å². The van der Waals surface area contributed by atoms with Crippen molar-refractivity contribution in [1.29, 1.82) is 5.26 Å². The number of morpholine rings is 4. The van der Waals surface area contributed by atoms with E-state index >= 15 is 0 Å². The van der Waals surface area contributed by atoms with Crippen LogP contribution in [0.2, 0.25) is 0 Å². The average molecular weight is 582 g/mol. The van der Waals surface area contributed by atoms with Crippen molar-refractivity contribution in [1.82, 2.24) is 20.0 Å². The van der Waals surface area contributed by atoms with Gasteiger partial charge in [0, 0.05) is 69.7 Å². The molecule has 0 spiro atoms. The number of carbonyl (C=O) groups excluding carboxylic acids is 2. The fourth-order valence-electron chi connectivity index (χ4n) is 5.85. The summed E-state index contributed by atoms with van der Waals surface area (Å²) in [4.78, 5) is 31.2. The average Bonchev–Trinajstić information content (AvgIpc) is 2.91. The van der Waals surface area contributed by atoms with Crippen LogP contribution < -0.4 is 5.32 Å². The van der Waals surface area contributed by atoms with Gasteiger partial charge in [0.1, 0.15) is 0 Å². The molecule has 0 aliphatic carbocycles. The van der Waals surface area contributed by atoms with Gasteiger partial charge in [0.2, 0.25) is 0 Å². The number of nitriles is 1. The first-order chi connectivity index (χ1) is 19.8. The van der Waals surface area contributed by atoms with E-state index in [1.807, 2.05) is 65.8 Å². The van der Waals surface area contributed by atoms with Gasteiger partial charge in [0.15, 0.2) is 11.6 Å². The second-order valence-corrected chi connectivity index (χ2v) is 14.5. The van der Waals surface area contributed by atoms with Crippen LogP contribution in [-0.2, 0) is 25.5 Å². The van der Waals surface area contributed by atoms with Gasteiger partial charge < -0.3 is 14.8 Å². The van der Waals surface area contributed by atoms with Crippen LogP contribution >= 0.6 is 0 Å². The van der Waals surface area contributed by atoms with E-state index in [0.717, 1.165) is 65.3 Å². The van der Waals surface area contributed by atoms with Crippen LogP contribution in [0.15, 0.2) is 24.3 Å². The lowest BCUT2D eigenvalue weighted by molar-refractivity contribution is -0.147. The molecular weight excluding hydrogens is 530 g/mol. The van der Waals surface area contributed by atoms with Gasteiger partial charge in [-0.05, 0) is 24.1 Å². The van der Waals surface area contributed by atoms with Crippen LogP contribution in [0.1, 0.15) is 52.7 Å². The van der Waals surface area contributed by atoms with E-state index in [9.17, 15) is 9.59 Å². The number of hydrogen-bond donors (Lipinski definition) is 1. The SMILES string of the molecule is CC(C)(C)C(=O)CN1CC2CN(CCc3ccc(C#N)cc3)CC(C1)O2.CC(C)(C)C(=O)CN1CC2CNCC(C1)O2. The lowest BCUT2D eigenvalue weighted by Crippen LogP contribution is -2.60. The zero-order valence-electron chi connectivity index (χ0n) is 26.5. The molecular formula is C33H51N5O4. The number of carbonyl (C=O) groups is 2. The first-order valence-corrected chi connectivity index (χ1v) is 15.5. The number of ether oxygens (including phenoxy) is 2. The second-order valence-electron chi connectivity index (χ2n) is 14.5. The van der Waals surface area contributed by atoms with Crippen molar-refractivity contribution in [2.45, 2.75) is 72.4 Å². The van der Waals surface area contributed by atoms with Gasteiger partial charge in [-0.2, -0.15) is 5.26 Å². The highest BCUT2D eigenvalue weighted by molar-refractivity contribution is 5.86. The van der Waals surface area contributed by atoms with Gasteiger partial charge in [-0.15, -0.1) is 0 Å². The van der Waals surface area contributed by atoms with Crippen molar-refractivity contribution in [2.24, 2.45) is 10.8 Å². The first kappa shape index (κ1) is 32.7. The zero-order valence-corrected chi connectivity index (χ0v) is 26.5. The fraction of sp³-hybridized carbons (Fsp3) is 0.727. The maximum Gasteiger partial charge on any atom is 0.152 e. The third-order valence-electron chi connectivity index (χ3n) is 8.49. The van der Waals surface area contributed by atoms with Crippen LogP contribution in [0.5, 0.6) is 0 Å². The summed E-state index contributed by atoms with van der Waals surface area (Å²) in [5.41, 5.74) is 1.46. The lowest BCUT2D eigenvalue weighted by atomic mass is 9.90. The molecule has 1 aromatic rings. The van der Waals surface area contributed by atoms with Crippen molar-refractivity contribution >= 4 is 11.6 Å². The molecule has 0 radical (unpaired) electrons. The van der Waals surface area contributed by atoms with Gasteiger partial charge in [-0.1, -0.05) is 53.7 Å². The molecule has 9 heteroatoms. The summed E-state index contributed by atoms with van der Waals surface area (Å²) in [5.74, 6) is 0.621. The Hall–Kier alpha value is -2.19. The van der Waals surface area contributed by atoms with E-state index in [4.69, 9.17) is 14.7 Å². The third-order valence-corrected chi connectivity index (χ3v) is 8.49. The highest BCUT2D eigenvalue weighted by atomic mass is 16.5. The number of ketones is 2. The molecule has 4 bridgehead atoms. The molecule has 1 N–H and O–H groups in total. The molecule has 0 aromatic heterocycles. The Balaban J connectivity index is 0.000000216. The first-order valence-electron chi connectivity index (χ1n) is 15.5. The molecule has 0 amide bonds. The summed E-state index contributed by atoms with van der Waals surface area (Å²) in [6.07, 6.45) is 1.89. The van der Waals surface area contributed by atoms with E-state index in [-0.39, 0.29) is 35.2 Å². The normalized spacial score (nSPS) is 27.0. The molecule has 4 fully saturated rings. The highest BCUT2D eigenvalue weighted by Gasteiger charge is 2.36. The van der Waals surface area contributed by atoms with Gasteiger partial charge in [0.25, 0.3) is 0 Å². The summed E-state index contributed by atoms with van der Waals surface area (Å²) >= 11 is 0. The summed E-state index contributed by atoms with van der Waals surface area (Å²) < 4.78 is 11.9. The number of Topliss-reactive ketones (excluding diaryl/α,β-unsaturated/α-hetero) is 2. The number of nitrogens with zero attached hydrogens (tertiary/aromatic N) is 4. The Labute approximate surface area is 252 Å². The van der Waals surface area contributed by atoms with Gasteiger partial charge in [-0.25, -0.2) is 0 Å². The molecule has 0 saturated carbocycles. The van der Waals surface area contributed by atoms with Crippen LogP contribution in [0.3, 0.4) is 0 Å². The quantitative estimate of drug-likeness (QED) is 0.521. The second kappa shape index (κ2) is 14.1. The molecule has 4 saturated heterocycles. The third kappa shape index (κ3) is 9.66. The van der Waals surface area contributed by atoms with Gasteiger partial charge >= 0.3 is 0 Å². The van der Waals surface area contributed by atoms with Crippen LogP contribution in [0.4, 0.5) is 0 Å². The van der Waals surface area contributed by atoms with E-state index in [1.165, 1.54) is 5.56 Å². The molecule has 4 unspecified atom stereocenters. The Morgan fingerprint density at radius 2 is 1.19 bits per heavy atom. The zero-order chi connectivity index (χ0) is 30.5. The van der Waals surface area contributed by atoms with Crippen LogP contribution in [0.25, 0.3) is 0 Å².